The molecule has 0 aromatic carbocycles. The third-order valence-electron chi connectivity index (χ3n) is 2.07. The van der Waals surface area contributed by atoms with Crippen molar-refractivity contribution in [2.75, 3.05) is 11.1 Å². The van der Waals surface area contributed by atoms with Gasteiger partial charge in [-0.05, 0) is 26.0 Å². The number of hydrogen-bond donors (Lipinski definition) is 2. The van der Waals surface area contributed by atoms with Crippen LogP contribution in [0, 0.1) is 0 Å². The predicted molar refractivity (Wildman–Crippen MR) is 78.0 cm³/mol. The van der Waals surface area contributed by atoms with Gasteiger partial charge in [-0.2, -0.15) is 0 Å². The Morgan fingerprint density at radius 1 is 1.44 bits per heavy atom. The molecule has 0 unspecified atom stereocenters. The highest BCUT2D eigenvalue weighted by Crippen LogP contribution is 2.31. The highest BCUT2D eigenvalue weighted by molar-refractivity contribution is 7.21. The number of nitrogens with one attached hydrogen (secondary N) is 1. The maximum absolute atomic E-state index is 12.2. The van der Waals surface area contributed by atoms with Crippen LogP contribution in [0.15, 0.2) is 12.1 Å². The maximum Gasteiger partial charge on any atom is 0.216 e. The van der Waals surface area contributed by atoms with E-state index in [1.165, 1.54) is 22.7 Å². The maximum atomic E-state index is 12.2. The van der Waals surface area contributed by atoms with E-state index in [-0.39, 0.29) is 17.6 Å². The molecule has 2 rings (SSSR count). The minimum absolute atomic E-state index is 0.126. The van der Waals surface area contributed by atoms with Crippen LogP contribution in [0.1, 0.15) is 28.4 Å². The monoisotopic (exact) mass is 301 g/mol. The molecule has 0 aliphatic rings. The van der Waals surface area contributed by atoms with Crippen molar-refractivity contribution in [2.45, 2.75) is 19.9 Å². The summed E-state index contributed by atoms with van der Waals surface area (Å²) < 4.78 is 0.585. The summed E-state index contributed by atoms with van der Waals surface area (Å²) in [6.45, 7) is 4.00. The number of anilines is 2. The zero-order chi connectivity index (χ0) is 13.3. The largest absolute Gasteiger partial charge is 0.382 e. The number of nitrogens with zero attached hydrogens (tertiary/aromatic N) is 1. The highest BCUT2D eigenvalue weighted by Gasteiger charge is 2.19. The molecule has 0 radical (unpaired) electrons. The molecule has 2 aromatic heterocycles. The number of halogens is 1. The fourth-order valence-electron chi connectivity index (χ4n) is 1.35. The van der Waals surface area contributed by atoms with Crippen molar-refractivity contribution < 1.29 is 4.79 Å². The molecule has 0 bridgehead atoms. The van der Waals surface area contributed by atoms with Gasteiger partial charge in [-0.3, -0.25) is 4.79 Å². The lowest BCUT2D eigenvalue weighted by Crippen LogP contribution is -2.09. The number of aromatic nitrogens is 1. The SMILES string of the molecule is CC(C)Nc1nc(N)c(C(=O)c2ccc(Cl)s2)s1. The lowest BCUT2D eigenvalue weighted by molar-refractivity contribution is 0.104. The lowest BCUT2D eigenvalue weighted by Gasteiger charge is -2.03. The number of nitrogens with two attached hydrogens (primary N) is 1. The molecule has 3 N–H and O–H groups in total. The first-order valence-electron chi connectivity index (χ1n) is 5.30. The average Bonchev–Trinajstić information content (AvgIpc) is 2.83. The summed E-state index contributed by atoms with van der Waals surface area (Å²) in [7, 11) is 0. The molecule has 4 nitrogen and oxygen atoms in total. The minimum atomic E-state index is -0.126. The number of rotatable bonds is 4. The Kier molecular flexibility index (Phi) is 3.89. The Morgan fingerprint density at radius 2 is 2.17 bits per heavy atom. The molecule has 18 heavy (non-hydrogen) atoms. The summed E-state index contributed by atoms with van der Waals surface area (Å²) in [5.41, 5.74) is 5.77. The second-order valence-electron chi connectivity index (χ2n) is 3.97. The standard InChI is InChI=1S/C11H12ClN3OS2/c1-5(2)14-11-15-10(13)9(18-11)8(16)6-3-4-7(12)17-6/h3-5H,13H2,1-2H3,(H,14,15). The first kappa shape index (κ1) is 13.3. The van der Waals surface area contributed by atoms with E-state index < -0.39 is 0 Å². The molecular weight excluding hydrogens is 290 g/mol. The molecule has 2 aromatic rings. The van der Waals surface area contributed by atoms with E-state index in [4.69, 9.17) is 17.3 Å². The summed E-state index contributed by atoms with van der Waals surface area (Å²) in [5, 5.41) is 3.79. The number of hydrogen-bond acceptors (Lipinski definition) is 6. The van der Waals surface area contributed by atoms with Crippen molar-refractivity contribution in [1.82, 2.24) is 4.98 Å². The van der Waals surface area contributed by atoms with Crippen LogP contribution in [0.3, 0.4) is 0 Å². The van der Waals surface area contributed by atoms with Crippen LogP contribution in [0.5, 0.6) is 0 Å². The molecule has 2 heterocycles. The second-order valence-corrected chi connectivity index (χ2v) is 6.68. The van der Waals surface area contributed by atoms with E-state index in [9.17, 15) is 4.79 Å². The minimum Gasteiger partial charge on any atom is -0.382 e. The van der Waals surface area contributed by atoms with E-state index in [0.29, 0.717) is 19.2 Å². The van der Waals surface area contributed by atoms with E-state index in [2.05, 4.69) is 10.3 Å². The summed E-state index contributed by atoms with van der Waals surface area (Å²) in [4.78, 5) is 17.4. The van der Waals surface area contributed by atoms with Crippen molar-refractivity contribution in [3.63, 3.8) is 0 Å². The molecule has 0 aliphatic heterocycles. The molecule has 7 heteroatoms. The van der Waals surface area contributed by atoms with Gasteiger partial charge in [0.2, 0.25) is 5.78 Å². The van der Waals surface area contributed by atoms with Gasteiger partial charge in [-0.25, -0.2) is 4.98 Å². The molecule has 0 fully saturated rings. The van der Waals surface area contributed by atoms with Gasteiger partial charge in [-0.15, -0.1) is 11.3 Å². The highest BCUT2D eigenvalue weighted by atomic mass is 35.5. The number of thiazole rings is 1. The molecule has 0 spiro atoms. The lowest BCUT2D eigenvalue weighted by atomic mass is 10.3. The van der Waals surface area contributed by atoms with Gasteiger partial charge in [0.05, 0.1) is 9.21 Å². The van der Waals surface area contributed by atoms with Gasteiger partial charge in [0.15, 0.2) is 5.13 Å². The van der Waals surface area contributed by atoms with E-state index in [0.717, 1.165) is 0 Å². The zero-order valence-electron chi connectivity index (χ0n) is 9.86. The Bertz CT molecular complexity index is 577. The van der Waals surface area contributed by atoms with Crippen LogP contribution in [0.2, 0.25) is 4.34 Å². The van der Waals surface area contributed by atoms with Crippen LogP contribution >= 0.6 is 34.3 Å². The van der Waals surface area contributed by atoms with E-state index in [1.54, 1.807) is 12.1 Å². The van der Waals surface area contributed by atoms with Gasteiger partial charge < -0.3 is 11.1 Å². The fraction of sp³-hybridized carbons (Fsp3) is 0.273. The summed E-state index contributed by atoms with van der Waals surface area (Å²) in [6.07, 6.45) is 0. The van der Waals surface area contributed by atoms with Crippen LogP contribution in [-0.2, 0) is 0 Å². The van der Waals surface area contributed by atoms with Crippen LogP contribution in [-0.4, -0.2) is 16.8 Å². The first-order valence-corrected chi connectivity index (χ1v) is 7.31. The Morgan fingerprint density at radius 3 is 2.72 bits per heavy atom. The third-order valence-corrected chi connectivity index (χ3v) is 4.30. The van der Waals surface area contributed by atoms with Crippen LogP contribution in [0.25, 0.3) is 0 Å². The molecule has 0 aliphatic carbocycles. The third kappa shape index (κ3) is 2.82. The summed E-state index contributed by atoms with van der Waals surface area (Å²) >= 11 is 8.32. The zero-order valence-corrected chi connectivity index (χ0v) is 12.2. The number of thiophene rings is 1. The van der Waals surface area contributed by atoms with Crippen LogP contribution < -0.4 is 11.1 Å². The molecule has 0 saturated heterocycles. The Balaban J connectivity index is 2.28. The van der Waals surface area contributed by atoms with Gasteiger partial charge in [0, 0.05) is 6.04 Å². The average molecular weight is 302 g/mol. The number of nitrogen functional groups attached to an aromatic ring is 1. The first-order chi connectivity index (χ1) is 8.47. The number of carbonyl (C=O) groups is 1. The normalized spacial score (nSPS) is 10.9. The van der Waals surface area contributed by atoms with Gasteiger partial charge in [0.25, 0.3) is 0 Å². The molecule has 96 valence electrons. The summed E-state index contributed by atoms with van der Waals surface area (Å²) in [6, 6.07) is 3.64. The number of carbonyl (C=O) groups excluding carboxylic acids is 1. The molecule has 0 saturated carbocycles. The van der Waals surface area contributed by atoms with Crippen molar-refractivity contribution in [2.24, 2.45) is 0 Å². The van der Waals surface area contributed by atoms with Crippen LogP contribution in [0.4, 0.5) is 10.9 Å². The van der Waals surface area contributed by atoms with E-state index >= 15 is 0 Å². The van der Waals surface area contributed by atoms with Gasteiger partial charge in [0.1, 0.15) is 10.7 Å². The second kappa shape index (κ2) is 5.26. The molecule has 0 atom stereocenters. The van der Waals surface area contributed by atoms with Gasteiger partial charge >= 0.3 is 0 Å². The van der Waals surface area contributed by atoms with Crippen molar-refractivity contribution >= 4 is 51.0 Å². The smallest absolute Gasteiger partial charge is 0.216 e. The predicted octanol–water partition coefficient (Wildman–Crippen LogP) is 3.49. The fourth-order valence-corrected chi connectivity index (χ4v) is 3.39. The Labute approximate surface area is 118 Å². The van der Waals surface area contributed by atoms with Gasteiger partial charge in [-0.1, -0.05) is 22.9 Å². The molecular formula is C11H12ClN3OS2. The quantitative estimate of drug-likeness (QED) is 0.848. The van der Waals surface area contributed by atoms with Crippen molar-refractivity contribution in [1.29, 1.82) is 0 Å². The van der Waals surface area contributed by atoms with E-state index in [1.807, 2.05) is 13.8 Å². The van der Waals surface area contributed by atoms with Crippen molar-refractivity contribution in [3.8, 4) is 0 Å². The van der Waals surface area contributed by atoms with Crippen molar-refractivity contribution in [3.05, 3.63) is 26.2 Å². The number of ketones is 1. The Hall–Kier alpha value is -1.11. The molecule has 0 amide bonds. The summed E-state index contributed by atoms with van der Waals surface area (Å²) in [5.74, 6) is 0.136. The topological polar surface area (TPSA) is 68.0 Å².